The Kier molecular flexibility index (Phi) is 3.79. The first-order valence-electron chi connectivity index (χ1n) is 6.29. The van der Waals surface area contributed by atoms with Crippen molar-refractivity contribution in [2.75, 3.05) is 0 Å². The Morgan fingerprint density at radius 2 is 2.12 bits per heavy atom. The molecule has 2 aromatic heterocycles. The number of pyridine rings is 1. The van der Waals surface area contributed by atoms with Gasteiger partial charge < -0.3 is 5.11 Å². The summed E-state index contributed by atoms with van der Waals surface area (Å²) < 4.78 is 1.81. The molecule has 92 valence electrons. The van der Waals surface area contributed by atoms with Crippen molar-refractivity contribution in [1.82, 2.24) is 9.61 Å². The Balaban J connectivity index is 2.06. The molecule has 1 unspecified atom stereocenters. The van der Waals surface area contributed by atoms with Gasteiger partial charge in [0.25, 0.3) is 0 Å². The number of nitrogens with zero attached hydrogens (tertiary/aromatic N) is 2. The van der Waals surface area contributed by atoms with Gasteiger partial charge in [-0.05, 0) is 24.5 Å². The van der Waals surface area contributed by atoms with Gasteiger partial charge in [0.1, 0.15) is 0 Å². The molecule has 0 saturated heterocycles. The van der Waals surface area contributed by atoms with E-state index in [-0.39, 0.29) is 0 Å². The first kappa shape index (κ1) is 12.1. The summed E-state index contributed by atoms with van der Waals surface area (Å²) in [5.74, 6) is 0.700. The molecule has 2 heterocycles. The van der Waals surface area contributed by atoms with Crippen LogP contribution in [0, 0.1) is 5.92 Å². The lowest BCUT2D eigenvalue weighted by Crippen LogP contribution is -1.98. The van der Waals surface area contributed by atoms with Crippen molar-refractivity contribution < 1.29 is 5.11 Å². The summed E-state index contributed by atoms with van der Waals surface area (Å²) in [6.07, 6.45) is 6.32. The summed E-state index contributed by atoms with van der Waals surface area (Å²) in [6, 6.07) is 5.91. The van der Waals surface area contributed by atoms with Gasteiger partial charge in [-0.1, -0.05) is 32.8 Å². The van der Waals surface area contributed by atoms with Gasteiger partial charge in [0, 0.05) is 11.8 Å². The lowest BCUT2D eigenvalue weighted by atomic mass is 10.0. The molecular weight excluding hydrogens is 212 g/mol. The molecule has 0 aliphatic rings. The average molecular weight is 232 g/mol. The van der Waals surface area contributed by atoms with E-state index in [0.717, 1.165) is 30.3 Å². The summed E-state index contributed by atoms with van der Waals surface area (Å²) in [7, 11) is 0. The number of aliphatic hydroxyl groups is 1. The second-order valence-electron chi connectivity index (χ2n) is 4.97. The van der Waals surface area contributed by atoms with Crippen molar-refractivity contribution in [1.29, 1.82) is 0 Å². The van der Waals surface area contributed by atoms with Crippen LogP contribution in [0.5, 0.6) is 0 Å². The monoisotopic (exact) mass is 232 g/mol. The lowest BCUT2D eigenvalue weighted by Gasteiger charge is -2.10. The van der Waals surface area contributed by atoms with Crippen molar-refractivity contribution in [3.8, 4) is 0 Å². The third kappa shape index (κ3) is 2.86. The minimum absolute atomic E-state index is 0.395. The van der Waals surface area contributed by atoms with Gasteiger partial charge in [-0.25, -0.2) is 4.52 Å². The fourth-order valence-corrected chi connectivity index (χ4v) is 2.09. The Hall–Kier alpha value is -1.35. The summed E-state index contributed by atoms with van der Waals surface area (Å²) in [5, 5.41) is 14.4. The third-order valence-electron chi connectivity index (χ3n) is 3.07. The molecule has 3 heteroatoms. The second kappa shape index (κ2) is 5.32. The van der Waals surface area contributed by atoms with E-state index in [0.29, 0.717) is 5.92 Å². The fourth-order valence-electron chi connectivity index (χ4n) is 2.09. The summed E-state index contributed by atoms with van der Waals surface area (Å²) in [4.78, 5) is 0. The summed E-state index contributed by atoms with van der Waals surface area (Å²) in [6.45, 7) is 4.42. The molecule has 0 radical (unpaired) electrons. The molecule has 0 aliphatic carbocycles. The molecule has 0 aliphatic heterocycles. The van der Waals surface area contributed by atoms with Gasteiger partial charge in [-0.2, -0.15) is 5.10 Å². The highest BCUT2D eigenvalue weighted by atomic mass is 16.3. The Labute approximate surface area is 102 Å². The maximum Gasteiger partial charge on any atom is 0.0826 e. The van der Waals surface area contributed by atoms with Crippen LogP contribution in [0.1, 0.15) is 44.8 Å². The summed E-state index contributed by atoms with van der Waals surface area (Å²) in [5.41, 5.74) is 1.94. The molecule has 1 N–H and O–H groups in total. The zero-order valence-electron chi connectivity index (χ0n) is 10.5. The van der Waals surface area contributed by atoms with Crippen LogP contribution in [0.3, 0.4) is 0 Å². The molecule has 3 nitrogen and oxygen atoms in total. The molecule has 2 rings (SSSR count). The standard InChI is InChI=1S/C14H20N2O/c1-11(2)6-5-8-14(17)12-10-15-16-9-4-3-7-13(12)16/h3-4,7,9-11,14,17H,5-6,8H2,1-2H3. The average Bonchev–Trinajstić information content (AvgIpc) is 2.72. The van der Waals surface area contributed by atoms with E-state index in [4.69, 9.17) is 0 Å². The normalized spacial score (nSPS) is 13.4. The summed E-state index contributed by atoms with van der Waals surface area (Å²) >= 11 is 0. The van der Waals surface area contributed by atoms with Crippen LogP contribution in [-0.2, 0) is 0 Å². The highest BCUT2D eigenvalue weighted by molar-refractivity contribution is 5.54. The fraction of sp³-hybridized carbons (Fsp3) is 0.500. The number of aromatic nitrogens is 2. The van der Waals surface area contributed by atoms with Crippen LogP contribution in [0.2, 0.25) is 0 Å². The highest BCUT2D eigenvalue weighted by Crippen LogP contribution is 2.24. The maximum absolute atomic E-state index is 10.2. The topological polar surface area (TPSA) is 37.5 Å². The van der Waals surface area contributed by atoms with Gasteiger partial charge in [0.15, 0.2) is 0 Å². The van der Waals surface area contributed by atoms with E-state index in [1.165, 1.54) is 0 Å². The number of fused-ring (bicyclic) bond motifs is 1. The van der Waals surface area contributed by atoms with Crippen LogP contribution in [-0.4, -0.2) is 14.7 Å². The van der Waals surface area contributed by atoms with Crippen LogP contribution in [0.4, 0.5) is 0 Å². The zero-order valence-corrected chi connectivity index (χ0v) is 10.5. The SMILES string of the molecule is CC(C)CCCC(O)c1cnn2ccccc12. The van der Waals surface area contributed by atoms with E-state index in [1.54, 1.807) is 10.7 Å². The van der Waals surface area contributed by atoms with E-state index in [2.05, 4.69) is 18.9 Å². The zero-order chi connectivity index (χ0) is 12.3. The molecule has 1 atom stereocenters. The van der Waals surface area contributed by atoms with Gasteiger partial charge >= 0.3 is 0 Å². The van der Waals surface area contributed by atoms with Crippen molar-refractivity contribution in [3.63, 3.8) is 0 Å². The van der Waals surface area contributed by atoms with Crippen molar-refractivity contribution >= 4 is 5.52 Å². The number of aliphatic hydroxyl groups excluding tert-OH is 1. The molecule has 0 aromatic carbocycles. The van der Waals surface area contributed by atoms with E-state index >= 15 is 0 Å². The molecular formula is C14H20N2O. The molecule has 0 saturated carbocycles. The smallest absolute Gasteiger partial charge is 0.0826 e. The highest BCUT2D eigenvalue weighted by Gasteiger charge is 2.13. The molecule has 0 bridgehead atoms. The predicted octanol–water partition coefficient (Wildman–Crippen LogP) is 3.19. The van der Waals surface area contributed by atoms with Gasteiger partial charge in [0.2, 0.25) is 0 Å². The van der Waals surface area contributed by atoms with Crippen LogP contribution < -0.4 is 0 Å². The van der Waals surface area contributed by atoms with Crippen LogP contribution in [0.25, 0.3) is 5.52 Å². The third-order valence-corrected chi connectivity index (χ3v) is 3.07. The second-order valence-corrected chi connectivity index (χ2v) is 4.97. The molecule has 0 spiro atoms. The first-order valence-corrected chi connectivity index (χ1v) is 6.29. The molecule has 0 fully saturated rings. The molecule has 2 aromatic rings. The van der Waals surface area contributed by atoms with Crippen LogP contribution in [0.15, 0.2) is 30.6 Å². The van der Waals surface area contributed by atoms with E-state index in [1.807, 2.05) is 24.4 Å². The minimum atomic E-state index is -0.395. The largest absolute Gasteiger partial charge is 0.388 e. The lowest BCUT2D eigenvalue weighted by molar-refractivity contribution is 0.163. The minimum Gasteiger partial charge on any atom is -0.388 e. The first-order chi connectivity index (χ1) is 8.18. The Morgan fingerprint density at radius 1 is 1.29 bits per heavy atom. The van der Waals surface area contributed by atoms with Gasteiger partial charge in [0.05, 0.1) is 17.8 Å². The van der Waals surface area contributed by atoms with Gasteiger partial charge in [-0.15, -0.1) is 0 Å². The molecule has 17 heavy (non-hydrogen) atoms. The predicted molar refractivity (Wildman–Crippen MR) is 68.8 cm³/mol. The van der Waals surface area contributed by atoms with Crippen molar-refractivity contribution in [2.45, 2.75) is 39.2 Å². The molecule has 0 amide bonds. The Morgan fingerprint density at radius 3 is 2.88 bits per heavy atom. The number of hydrogen-bond donors (Lipinski definition) is 1. The van der Waals surface area contributed by atoms with Crippen molar-refractivity contribution in [2.24, 2.45) is 5.92 Å². The van der Waals surface area contributed by atoms with E-state index in [9.17, 15) is 5.11 Å². The van der Waals surface area contributed by atoms with Crippen molar-refractivity contribution in [3.05, 3.63) is 36.2 Å². The van der Waals surface area contributed by atoms with E-state index < -0.39 is 6.10 Å². The van der Waals surface area contributed by atoms with Gasteiger partial charge in [-0.3, -0.25) is 0 Å². The maximum atomic E-state index is 10.2. The Bertz CT molecular complexity index is 476. The number of rotatable bonds is 5. The van der Waals surface area contributed by atoms with Crippen LogP contribution >= 0.6 is 0 Å². The number of hydrogen-bond acceptors (Lipinski definition) is 2. The quantitative estimate of drug-likeness (QED) is 0.859.